The van der Waals surface area contributed by atoms with Gasteiger partial charge in [0.2, 0.25) is 0 Å². The highest BCUT2D eigenvalue weighted by Crippen LogP contribution is 2.39. The van der Waals surface area contributed by atoms with Crippen LogP contribution in [-0.4, -0.2) is 11.7 Å². The predicted octanol–water partition coefficient (Wildman–Crippen LogP) is 10.2. The van der Waals surface area contributed by atoms with Crippen LogP contribution in [0.1, 0.15) is 17.5 Å². The molecular weight excluding hydrogens is 635 g/mol. The second-order valence-corrected chi connectivity index (χ2v) is 12.8. The minimum Gasteiger partial charge on any atom is -0.455 e. The molecule has 1 heterocycles. The number of allylic oxidation sites excluding steroid dienone is 1. The molecule has 52 heavy (non-hydrogen) atoms. The van der Waals surface area contributed by atoms with Gasteiger partial charge in [0, 0.05) is 28.3 Å². The summed E-state index contributed by atoms with van der Waals surface area (Å²) in [5.41, 5.74) is 14.8. The van der Waals surface area contributed by atoms with E-state index in [0.717, 1.165) is 65.4 Å². The van der Waals surface area contributed by atoms with Gasteiger partial charge in [-0.1, -0.05) is 170 Å². The first-order chi connectivity index (χ1) is 25.6. The van der Waals surface area contributed by atoms with Crippen molar-refractivity contribution in [1.82, 2.24) is 0 Å². The van der Waals surface area contributed by atoms with Crippen molar-refractivity contribution in [3.63, 3.8) is 0 Å². The number of nitrogens with zero attached hydrogens (tertiary/aromatic N) is 2. The Kier molecular flexibility index (Phi) is 9.10. The Hall–Kier alpha value is -6.78. The van der Waals surface area contributed by atoms with Gasteiger partial charge in [-0.25, -0.2) is 4.99 Å². The maximum atomic E-state index is 6.64. The number of rotatable bonds is 8. The van der Waals surface area contributed by atoms with Gasteiger partial charge in [0.25, 0.3) is 0 Å². The Morgan fingerprint density at radius 3 is 2.17 bits per heavy atom. The Balaban J connectivity index is 1.21. The molecule has 0 aliphatic heterocycles. The first-order valence-electron chi connectivity index (χ1n) is 17.5. The van der Waals surface area contributed by atoms with Crippen molar-refractivity contribution < 1.29 is 4.42 Å². The standard InChI is InChI=1S/C48H37N3O/c1-2-12-33-15-6-7-16-35(33)28-30-45(49)51-48(40-26-23-36-17-8-9-18-39(36)31-40)50-32-41-27-29-42(47-46(41)43-19-10-11-20-44(43)52-47)38-24-21-37(22-25-38)34-13-4-3-5-14-34/h2-29,31H,1,30,32H2,(H2,49,50,51)/b33-12-,35-28-. The second-order valence-electron chi connectivity index (χ2n) is 12.8. The molecule has 0 saturated carbocycles. The van der Waals surface area contributed by atoms with Crippen molar-refractivity contribution in [2.45, 2.75) is 13.0 Å². The van der Waals surface area contributed by atoms with Crippen molar-refractivity contribution in [3.8, 4) is 22.3 Å². The summed E-state index contributed by atoms with van der Waals surface area (Å²) < 4.78 is 6.59. The van der Waals surface area contributed by atoms with Gasteiger partial charge in [0.1, 0.15) is 17.0 Å². The SMILES string of the molecule is C=C/C=c1/cccc/c1=C/CC(N)=NC(=NCc1ccc(-c2ccc(-c3ccccc3)cc2)c2oc3ccccc3c12)c1ccc2ccccc2c1. The van der Waals surface area contributed by atoms with E-state index in [1.165, 1.54) is 11.1 Å². The topological polar surface area (TPSA) is 63.9 Å². The van der Waals surface area contributed by atoms with Crippen LogP contribution in [0.15, 0.2) is 185 Å². The summed E-state index contributed by atoms with van der Waals surface area (Å²) in [5.74, 6) is 1.07. The van der Waals surface area contributed by atoms with Gasteiger partial charge in [-0.3, -0.25) is 4.99 Å². The molecular formula is C48H37N3O. The molecule has 1 aromatic heterocycles. The number of nitrogens with two attached hydrogens (primary N) is 1. The van der Waals surface area contributed by atoms with E-state index >= 15 is 0 Å². The van der Waals surface area contributed by atoms with Gasteiger partial charge in [0.05, 0.1) is 6.54 Å². The number of furan rings is 1. The van der Waals surface area contributed by atoms with Crippen LogP contribution >= 0.6 is 0 Å². The fraction of sp³-hybridized carbons (Fsp3) is 0.0417. The number of fused-ring (bicyclic) bond motifs is 4. The van der Waals surface area contributed by atoms with E-state index in [0.29, 0.717) is 24.6 Å². The highest BCUT2D eigenvalue weighted by molar-refractivity contribution is 6.12. The summed E-state index contributed by atoms with van der Waals surface area (Å²) in [6.07, 6.45) is 6.36. The zero-order chi connectivity index (χ0) is 35.3. The van der Waals surface area contributed by atoms with Crippen LogP contribution in [0, 0.1) is 0 Å². The lowest BCUT2D eigenvalue weighted by molar-refractivity contribution is 0.669. The Labute approximate surface area is 302 Å². The van der Waals surface area contributed by atoms with Crippen LogP contribution in [0.3, 0.4) is 0 Å². The highest BCUT2D eigenvalue weighted by Gasteiger charge is 2.17. The van der Waals surface area contributed by atoms with E-state index in [1.54, 1.807) is 6.08 Å². The van der Waals surface area contributed by atoms with Gasteiger partial charge in [-0.15, -0.1) is 0 Å². The number of amidine groups is 2. The van der Waals surface area contributed by atoms with Gasteiger partial charge < -0.3 is 10.2 Å². The third-order valence-corrected chi connectivity index (χ3v) is 9.40. The third kappa shape index (κ3) is 6.70. The second kappa shape index (κ2) is 14.6. The van der Waals surface area contributed by atoms with Crippen molar-refractivity contribution in [3.05, 3.63) is 192 Å². The molecule has 0 saturated heterocycles. The minimum atomic E-state index is 0.396. The first kappa shape index (κ1) is 32.4. The predicted molar refractivity (Wildman–Crippen MR) is 220 cm³/mol. The molecule has 8 aromatic rings. The molecule has 2 N–H and O–H groups in total. The number of hydrogen-bond acceptors (Lipinski definition) is 2. The monoisotopic (exact) mass is 671 g/mol. The van der Waals surface area contributed by atoms with E-state index < -0.39 is 0 Å². The molecule has 4 heteroatoms. The number of benzene rings is 7. The molecule has 0 fully saturated rings. The zero-order valence-electron chi connectivity index (χ0n) is 28.7. The molecule has 7 aromatic carbocycles. The summed E-state index contributed by atoms with van der Waals surface area (Å²) in [6.45, 7) is 4.25. The summed E-state index contributed by atoms with van der Waals surface area (Å²) in [6, 6.07) is 54.4. The largest absolute Gasteiger partial charge is 0.455 e. The lowest BCUT2D eigenvalue weighted by atomic mass is 9.96. The summed E-state index contributed by atoms with van der Waals surface area (Å²) in [7, 11) is 0. The molecule has 0 unspecified atom stereocenters. The normalized spacial score (nSPS) is 13.0. The molecule has 0 radical (unpaired) electrons. The molecule has 4 nitrogen and oxygen atoms in total. The fourth-order valence-electron chi connectivity index (χ4n) is 6.78. The molecule has 0 aliphatic carbocycles. The maximum Gasteiger partial charge on any atom is 0.156 e. The summed E-state index contributed by atoms with van der Waals surface area (Å²) in [5, 5.41) is 6.56. The Morgan fingerprint density at radius 1 is 0.654 bits per heavy atom. The van der Waals surface area contributed by atoms with Crippen LogP contribution in [0.4, 0.5) is 0 Å². The zero-order valence-corrected chi connectivity index (χ0v) is 28.7. The smallest absolute Gasteiger partial charge is 0.156 e. The van der Waals surface area contributed by atoms with Crippen molar-refractivity contribution in [2.75, 3.05) is 0 Å². The lowest BCUT2D eigenvalue weighted by Gasteiger charge is -2.09. The van der Waals surface area contributed by atoms with E-state index in [2.05, 4.69) is 128 Å². The van der Waals surface area contributed by atoms with Gasteiger partial charge in [-0.05, 0) is 55.6 Å². The molecule has 0 spiro atoms. The average molecular weight is 672 g/mol. The third-order valence-electron chi connectivity index (χ3n) is 9.40. The lowest BCUT2D eigenvalue weighted by Crippen LogP contribution is -2.24. The van der Waals surface area contributed by atoms with Crippen molar-refractivity contribution in [1.29, 1.82) is 0 Å². The number of aliphatic imine (C=N–C) groups is 2. The molecule has 250 valence electrons. The molecule has 0 aliphatic rings. The van der Waals surface area contributed by atoms with E-state index in [4.69, 9.17) is 20.1 Å². The average Bonchev–Trinajstić information content (AvgIpc) is 3.59. The van der Waals surface area contributed by atoms with E-state index in [1.807, 2.05) is 48.5 Å². The number of para-hydroxylation sites is 1. The van der Waals surface area contributed by atoms with Gasteiger partial charge in [0.15, 0.2) is 5.84 Å². The molecule has 0 atom stereocenters. The van der Waals surface area contributed by atoms with Crippen LogP contribution < -0.4 is 16.2 Å². The summed E-state index contributed by atoms with van der Waals surface area (Å²) >= 11 is 0. The van der Waals surface area contributed by atoms with Crippen LogP contribution in [-0.2, 0) is 6.54 Å². The fourth-order valence-corrected chi connectivity index (χ4v) is 6.78. The van der Waals surface area contributed by atoms with Crippen LogP contribution in [0.5, 0.6) is 0 Å². The van der Waals surface area contributed by atoms with E-state index in [9.17, 15) is 0 Å². The van der Waals surface area contributed by atoms with Crippen LogP contribution in [0.25, 0.3) is 67.1 Å². The number of hydrogen-bond donors (Lipinski definition) is 1. The first-order valence-corrected chi connectivity index (χ1v) is 17.5. The highest BCUT2D eigenvalue weighted by atomic mass is 16.3. The Morgan fingerprint density at radius 2 is 1.35 bits per heavy atom. The molecule has 0 bridgehead atoms. The van der Waals surface area contributed by atoms with Gasteiger partial charge in [-0.2, -0.15) is 0 Å². The minimum absolute atomic E-state index is 0.396. The van der Waals surface area contributed by atoms with Crippen LogP contribution in [0.2, 0.25) is 0 Å². The molecule has 0 amide bonds. The maximum absolute atomic E-state index is 6.64. The van der Waals surface area contributed by atoms with Crippen molar-refractivity contribution >= 4 is 56.5 Å². The quantitative estimate of drug-likeness (QED) is 0.129. The van der Waals surface area contributed by atoms with Gasteiger partial charge >= 0.3 is 0 Å². The van der Waals surface area contributed by atoms with E-state index in [-0.39, 0.29) is 0 Å². The molecule has 8 rings (SSSR count). The Bertz CT molecular complexity index is 2750. The summed E-state index contributed by atoms with van der Waals surface area (Å²) in [4.78, 5) is 10.1. The van der Waals surface area contributed by atoms with Crippen molar-refractivity contribution in [2.24, 2.45) is 15.7 Å².